The van der Waals surface area contributed by atoms with E-state index in [4.69, 9.17) is 11.6 Å². The Labute approximate surface area is 94.7 Å². The third-order valence-corrected chi connectivity index (χ3v) is 4.61. The number of hydrogen-bond acceptors (Lipinski definition) is 2. The van der Waals surface area contributed by atoms with Crippen LogP contribution in [0.1, 0.15) is 9.49 Å². The average molecular weight is 328 g/mol. The predicted molar refractivity (Wildman–Crippen MR) is 45.7 cm³/mol. The van der Waals surface area contributed by atoms with Crippen LogP contribution in [0.25, 0.3) is 0 Å². The Bertz CT molecular complexity index is 409. The number of benzene rings is 1. The van der Waals surface area contributed by atoms with Gasteiger partial charge in [-0.2, -0.15) is 0 Å². The molecule has 6 heteroatoms. The van der Waals surface area contributed by atoms with Crippen LogP contribution in [0.4, 0.5) is 10.1 Å². The molecule has 76 valence electrons. The first-order valence-corrected chi connectivity index (χ1v) is 6.95. The van der Waals surface area contributed by atoms with Gasteiger partial charge in [0.25, 0.3) is 0 Å². The second-order valence-corrected chi connectivity index (χ2v) is 6.54. The fraction of sp³-hybridized carbons (Fsp3) is 0.250. The predicted octanol–water partition coefficient (Wildman–Crippen LogP) is -0.469. The van der Waals surface area contributed by atoms with Crippen molar-refractivity contribution >= 4 is 17.3 Å². The second kappa shape index (κ2) is 3.62. The van der Waals surface area contributed by atoms with Crippen molar-refractivity contribution in [2.75, 3.05) is 4.43 Å². The van der Waals surface area contributed by atoms with Gasteiger partial charge in [0, 0.05) is 0 Å². The topological polar surface area (TPSA) is 43.1 Å². The zero-order chi connectivity index (χ0) is 10.3. The number of rotatable bonds is 2. The molecule has 1 heterocycles. The first-order valence-electron chi connectivity index (χ1n) is 3.80. The molecule has 0 aliphatic carbocycles. The number of alkyl halides is 2. The second-order valence-electron chi connectivity index (χ2n) is 2.86. The zero-order valence-corrected chi connectivity index (χ0v) is 9.75. The molecule has 1 atom stereocenters. The van der Waals surface area contributed by atoms with Crippen molar-refractivity contribution in [2.24, 2.45) is 0 Å². The minimum absolute atomic E-state index is 0.0120. The fourth-order valence-corrected chi connectivity index (χ4v) is 3.02. The first-order chi connectivity index (χ1) is 6.59. The molecule has 1 fully saturated rings. The van der Waals surface area contributed by atoms with Crippen LogP contribution in [-0.2, 0) is 0 Å². The molecule has 1 aromatic rings. The molecule has 1 aliphatic heterocycles. The molecule has 14 heavy (non-hydrogen) atoms. The van der Waals surface area contributed by atoms with Gasteiger partial charge in [0.2, 0.25) is 0 Å². The van der Waals surface area contributed by atoms with Crippen molar-refractivity contribution in [1.82, 2.24) is 0 Å². The molecule has 0 spiro atoms. The normalized spacial score (nSPS) is 20.0. The van der Waals surface area contributed by atoms with E-state index in [1.807, 2.05) is 0 Å². The van der Waals surface area contributed by atoms with Crippen molar-refractivity contribution < 1.29 is 30.5 Å². The molecule has 1 unspecified atom stereocenters. The SMILES string of the molecule is O=[N+]([O-])c1cc(Cl)c(F)c(C2C[I-]2)c1. The summed E-state index contributed by atoms with van der Waals surface area (Å²) >= 11 is 5.58. The van der Waals surface area contributed by atoms with Crippen LogP contribution in [0.2, 0.25) is 5.02 Å². The molecule has 0 N–H and O–H groups in total. The van der Waals surface area contributed by atoms with Gasteiger partial charge in [-0.05, 0) is 0 Å². The van der Waals surface area contributed by atoms with Crippen LogP contribution in [0.3, 0.4) is 0 Å². The molecular formula is C8H5ClFINO2-. The van der Waals surface area contributed by atoms with E-state index in [0.29, 0.717) is 5.56 Å². The van der Waals surface area contributed by atoms with E-state index in [-0.39, 0.29) is 35.8 Å². The Morgan fingerprint density at radius 1 is 1.64 bits per heavy atom. The Hall–Kier alpha value is -0.430. The standard InChI is InChI=1S/C8H5ClFINO2/c9-6-2-4(12(13)14)1-5(8(6)10)7-3-11-7/h1-2,7H,3H2/q-1. The van der Waals surface area contributed by atoms with Gasteiger partial charge < -0.3 is 0 Å². The van der Waals surface area contributed by atoms with E-state index in [1.54, 1.807) is 0 Å². The van der Waals surface area contributed by atoms with Crippen molar-refractivity contribution in [3.8, 4) is 0 Å². The summed E-state index contributed by atoms with van der Waals surface area (Å²) in [6.07, 6.45) is 0. The number of nitro groups is 1. The maximum absolute atomic E-state index is 13.4. The van der Waals surface area contributed by atoms with Crippen LogP contribution in [-0.4, -0.2) is 9.35 Å². The van der Waals surface area contributed by atoms with Crippen LogP contribution >= 0.6 is 11.6 Å². The fourth-order valence-electron chi connectivity index (χ4n) is 1.14. The third-order valence-electron chi connectivity index (χ3n) is 1.90. The summed E-state index contributed by atoms with van der Waals surface area (Å²) in [5, 5.41) is 10.3. The molecule has 2 rings (SSSR count). The van der Waals surface area contributed by atoms with E-state index in [0.717, 1.165) is 10.5 Å². The van der Waals surface area contributed by atoms with E-state index in [2.05, 4.69) is 0 Å². The van der Waals surface area contributed by atoms with Crippen molar-refractivity contribution in [3.05, 3.63) is 38.7 Å². The van der Waals surface area contributed by atoms with E-state index in [1.165, 1.54) is 6.07 Å². The van der Waals surface area contributed by atoms with Crippen LogP contribution < -0.4 is 21.2 Å². The zero-order valence-electron chi connectivity index (χ0n) is 6.84. The summed E-state index contributed by atoms with van der Waals surface area (Å²) in [4.78, 5) is 9.95. The number of hydrogen-bond donors (Lipinski definition) is 0. The number of nitro benzene ring substituents is 1. The Morgan fingerprint density at radius 3 is 2.79 bits per heavy atom. The van der Waals surface area contributed by atoms with E-state index < -0.39 is 10.7 Å². The van der Waals surface area contributed by atoms with Gasteiger partial charge in [0.15, 0.2) is 0 Å². The molecule has 0 amide bonds. The summed E-state index contributed by atoms with van der Waals surface area (Å²) in [5.74, 6) is -0.487. The summed E-state index contributed by atoms with van der Waals surface area (Å²) in [5.41, 5.74) is 0.305. The Morgan fingerprint density at radius 2 is 2.29 bits per heavy atom. The summed E-state index contributed by atoms with van der Waals surface area (Å²) < 4.78 is 14.6. The van der Waals surface area contributed by atoms with Gasteiger partial charge in [-0.3, -0.25) is 0 Å². The summed E-state index contributed by atoms with van der Waals surface area (Å²) in [7, 11) is 0. The molecule has 3 nitrogen and oxygen atoms in total. The van der Waals surface area contributed by atoms with Gasteiger partial charge in [-0.15, -0.1) is 0 Å². The third kappa shape index (κ3) is 1.83. The molecular weight excluding hydrogens is 323 g/mol. The van der Waals surface area contributed by atoms with Crippen LogP contribution in [0, 0.1) is 15.9 Å². The number of nitrogens with zero attached hydrogens (tertiary/aromatic N) is 1. The van der Waals surface area contributed by atoms with Gasteiger partial charge in [-0.1, -0.05) is 0 Å². The molecule has 0 bridgehead atoms. The van der Waals surface area contributed by atoms with E-state index in [9.17, 15) is 14.5 Å². The quantitative estimate of drug-likeness (QED) is 0.319. The van der Waals surface area contributed by atoms with Gasteiger partial charge in [0.1, 0.15) is 0 Å². The van der Waals surface area contributed by atoms with Gasteiger partial charge >= 0.3 is 94.8 Å². The Balaban J connectivity index is 2.52. The number of non-ortho nitro benzene ring substituents is 1. The average Bonchev–Trinajstić information content (AvgIpc) is 2.92. The van der Waals surface area contributed by atoms with Crippen LogP contribution in [0.15, 0.2) is 12.1 Å². The van der Waals surface area contributed by atoms with Gasteiger partial charge in [-0.25, -0.2) is 0 Å². The molecule has 0 aromatic heterocycles. The summed E-state index contributed by atoms with van der Waals surface area (Å²) in [6, 6.07) is 2.36. The molecule has 0 saturated carbocycles. The van der Waals surface area contributed by atoms with Crippen molar-refractivity contribution in [2.45, 2.75) is 3.92 Å². The summed E-state index contributed by atoms with van der Waals surface area (Å²) in [6.45, 7) is 0. The van der Waals surface area contributed by atoms with Crippen molar-refractivity contribution in [1.29, 1.82) is 0 Å². The molecule has 0 radical (unpaired) electrons. The molecule has 1 aromatic carbocycles. The maximum atomic E-state index is 13.4. The van der Waals surface area contributed by atoms with E-state index >= 15 is 0 Å². The van der Waals surface area contributed by atoms with Gasteiger partial charge in [0.05, 0.1) is 0 Å². The molecule has 1 saturated heterocycles. The van der Waals surface area contributed by atoms with Crippen LogP contribution in [0.5, 0.6) is 0 Å². The number of halogens is 3. The Kier molecular flexibility index (Phi) is 2.61. The first kappa shape index (κ1) is 10.1. The monoisotopic (exact) mass is 328 g/mol. The van der Waals surface area contributed by atoms with Crippen molar-refractivity contribution in [3.63, 3.8) is 0 Å². The molecule has 1 aliphatic rings. The minimum atomic E-state index is -0.546.